The van der Waals surface area contributed by atoms with Gasteiger partial charge in [-0.3, -0.25) is 0 Å². The lowest BCUT2D eigenvalue weighted by atomic mass is 9.97. The third-order valence-electron chi connectivity index (χ3n) is 2.17. The van der Waals surface area contributed by atoms with Crippen molar-refractivity contribution in [3.05, 3.63) is 17.5 Å². The van der Waals surface area contributed by atoms with Crippen LogP contribution in [-0.2, 0) is 9.47 Å². The lowest BCUT2D eigenvalue weighted by molar-refractivity contribution is 0.0546. The van der Waals surface area contributed by atoms with Crippen LogP contribution in [0.25, 0.3) is 6.20 Å². The van der Waals surface area contributed by atoms with E-state index in [2.05, 4.69) is 19.8 Å². The largest absolute Gasteiger partial charge is 0.464 e. The number of hydrogen-bond donors (Lipinski definition) is 0. The number of hydrogen-bond acceptors (Lipinski definition) is 6. The Balaban J connectivity index is 3.26. The summed E-state index contributed by atoms with van der Waals surface area (Å²) in [6.45, 7) is 5.96. The van der Waals surface area contributed by atoms with Gasteiger partial charge >= 0.3 is 11.9 Å². The summed E-state index contributed by atoms with van der Waals surface area (Å²) in [6, 6.07) is 0. The molecule has 0 aliphatic heterocycles. The molecule has 104 valence electrons. The molecule has 0 amide bonds. The molecule has 1 rings (SSSR count). The summed E-state index contributed by atoms with van der Waals surface area (Å²) < 4.78 is 10.4. The summed E-state index contributed by atoms with van der Waals surface area (Å²) >= 11 is 0. The normalized spacial score (nSPS) is 11.6. The maximum atomic E-state index is 11.7. The van der Waals surface area contributed by atoms with E-state index in [1.54, 1.807) is 6.20 Å². The number of methoxy groups -OCH3 is 2. The molecule has 0 N–H and O–H groups in total. The summed E-state index contributed by atoms with van der Waals surface area (Å²) in [5, 5.41) is 7.38. The fourth-order valence-electron chi connectivity index (χ4n) is 1.21. The average molecular weight is 267 g/mol. The summed E-state index contributed by atoms with van der Waals surface area (Å²) in [4.78, 5) is 23.2. The van der Waals surface area contributed by atoms with Crippen LogP contribution in [0.4, 0.5) is 0 Å². The van der Waals surface area contributed by atoms with Crippen LogP contribution < -0.4 is 0 Å². The highest BCUT2D eigenvalue weighted by Crippen LogP contribution is 2.16. The van der Waals surface area contributed by atoms with E-state index >= 15 is 0 Å². The number of nitrogens with zero attached hydrogens (tertiary/aromatic N) is 3. The molecule has 0 radical (unpaired) electrons. The van der Waals surface area contributed by atoms with E-state index in [4.69, 9.17) is 0 Å². The Kier molecular flexibility index (Phi) is 4.42. The first-order valence-corrected chi connectivity index (χ1v) is 5.61. The maximum Gasteiger partial charge on any atom is 0.361 e. The molecule has 0 fully saturated rings. The summed E-state index contributed by atoms with van der Waals surface area (Å²) in [5.74, 6) is -1.44. The van der Waals surface area contributed by atoms with Crippen LogP contribution in [0.5, 0.6) is 0 Å². The average Bonchev–Trinajstić information content (AvgIpc) is 2.77. The second-order valence-corrected chi connectivity index (χ2v) is 4.90. The molecular formula is C12H17N3O4. The third kappa shape index (κ3) is 3.64. The first-order chi connectivity index (χ1) is 8.80. The molecule has 0 bridgehead atoms. The SMILES string of the molecule is COC(=O)c1nnn(/C=C/C(C)(C)C)c1C(=O)OC. The van der Waals surface area contributed by atoms with Gasteiger partial charge in [-0.15, -0.1) is 5.10 Å². The number of carbonyl (C=O) groups excluding carboxylic acids is 2. The summed E-state index contributed by atoms with van der Waals surface area (Å²) in [7, 11) is 2.42. The molecule has 0 unspecified atom stereocenters. The van der Waals surface area contributed by atoms with Crippen molar-refractivity contribution in [1.82, 2.24) is 15.0 Å². The first kappa shape index (κ1) is 14.9. The minimum atomic E-state index is -0.740. The van der Waals surface area contributed by atoms with Gasteiger partial charge < -0.3 is 9.47 Å². The lowest BCUT2D eigenvalue weighted by Gasteiger charge is -2.11. The molecule has 0 aliphatic carbocycles. The Bertz CT molecular complexity index is 512. The highest BCUT2D eigenvalue weighted by Gasteiger charge is 2.26. The monoisotopic (exact) mass is 267 g/mol. The summed E-state index contributed by atoms with van der Waals surface area (Å²) in [6.07, 6.45) is 3.39. The van der Waals surface area contributed by atoms with Gasteiger partial charge in [0.05, 0.1) is 14.2 Å². The predicted octanol–water partition coefficient (Wildman–Crippen LogP) is 1.37. The zero-order valence-corrected chi connectivity index (χ0v) is 11.6. The zero-order chi connectivity index (χ0) is 14.6. The van der Waals surface area contributed by atoms with Crippen LogP contribution in [0.3, 0.4) is 0 Å². The molecule has 0 spiro atoms. The minimum Gasteiger partial charge on any atom is -0.464 e. The predicted molar refractivity (Wildman–Crippen MR) is 67.5 cm³/mol. The third-order valence-corrected chi connectivity index (χ3v) is 2.17. The number of rotatable bonds is 3. The van der Waals surface area contributed by atoms with Gasteiger partial charge in [-0.1, -0.05) is 32.1 Å². The Morgan fingerprint density at radius 1 is 1.16 bits per heavy atom. The van der Waals surface area contributed by atoms with Gasteiger partial charge in [-0.2, -0.15) is 0 Å². The highest BCUT2D eigenvalue weighted by atomic mass is 16.5. The molecule has 0 atom stereocenters. The van der Waals surface area contributed by atoms with Crippen molar-refractivity contribution in [1.29, 1.82) is 0 Å². The van der Waals surface area contributed by atoms with Crippen LogP contribution in [0.15, 0.2) is 6.08 Å². The van der Waals surface area contributed by atoms with Gasteiger partial charge in [0.25, 0.3) is 0 Å². The van der Waals surface area contributed by atoms with E-state index in [0.717, 1.165) is 0 Å². The molecule has 7 heteroatoms. The van der Waals surface area contributed by atoms with E-state index in [0.29, 0.717) is 0 Å². The van der Waals surface area contributed by atoms with E-state index < -0.39 is 11.9 Å². The van der Waals surface area contributed by atoms with E-state index in [9.17, 15) is 9.59 Å². The van der Waals surface area contributed by atoms with Gasteiger partial charge in [-0.25, -0.2) is 14.3 Å². The smallest absolute Gasteiger partial charge is 0.361 e. The van der Waals surface area contributed by atoms with Crippen molar-refractivity contribution >= 4 is 18.1 Å². The molecule has 0 aliphatic rings. The van der Waals surface area contributed by atoms with Crippen LogP contribution in [0, 0.1) is 5.41 Å². The molecular weight excluding hydrogens is 250 g/mol. The van der Waals surface area contributed by atoms with Crippen LogP contribution in [0.2, 0.25) is 0 Å². The topological polar surface area (TPSA) is 83.3 Å². The van der Waals surface area contributed by atoms with Crippen molar-refractivity contribution in [3.63, 3.8) is 0 Å². The first-order valence-electron chi connectivity index (χ1n) is 5.61. The second-order valence-electron chi connectivity index (χ2n) is 4.90. The fourth-order valence-corrected chi connectivity index (χ4v) is 1.21. The van der Waals surface area contributed by atoms with E-state index in [1.807, 2.05) is 26.8 Å². The van der Waals surface area contributed by atoms with Crippen molar-refractivity contribution in [3.8, 4) is 0 Å². The Labute approximate surface area is 111 Å². The van der Waals surface area contributed by atoms with Crippen molar-refractivity contribution in [2.24, 2.45) is 5.41 Å². The number of esters is 2. The number of allylic oxidation sites excluding steroid dienone is 1. The van der Waals surface area contributed by atoms with Crippen LogP contribution in [-0.4, -0.2) is 41.2 Å². The van der Waals surface area contributed by atoms with Gasteiger partial charge in [0.15, 0.2) is 5.69 Å². The Hall–Kier alpha value is -2.18. The summed E-state index contributed by atoms with van der Waals surface area (Å²) in [5.41, 5.74) is -0.340. The Morgan fingerprint density at radius 3 is 2.21 bits per heavy atom. The van der Waals surface area contributed by atoms with Crippen molar-refractivity contribution < 1.29 is 19.1 Å². The van der Waals surface area contributed by atoms with E-state index in [-0.39, 0.29) is 16.8 Å². The Morgan fingerprint density at radius 2 is 1.74 bits per heavy atom. The lowest BCUT2D eigenvalue weighted by Crippen LogP contribution is -2.14. The maximum absolute atomic E-state index is 11.7. The standard InChI is InChI=1S/C12H17N3O4/c1-12(2,3)6-7-15-9(11(17)19-5)8(13-14-15)10(16)18-4/h6-7H,1-5H3/b7-6+. The fraction of sp³-hybridized carbons (Fsp3) is 0.500. The zero-order valence-electron chi connectivity index (χ0n) is 11.6. The van der Waals surface area contributed by atoms with Gasteiger partial charge in [-0.05, 0) is 5.41 Å². The van der Waals surface area contributed by atoms with Crippen molar-refractivity contribution in [2.75, 3.05) is 14.2 Å². The van der Waals surface area contributed by atoms with Gasteiger partial charge in [0.1, 0.15) is 0 Å². The van der Waals surface area contributed by atoms with Gasteiger partial charge in [0.2, 0.25) is 5.69 Å². The molecule has 1 aromatic rings. The number of aromatic nitrogens is 3. The minimum absolute atomic E-state index is 0.0603. The highest BCUT2D eigenvalue weighted by molar-refractivity contribution is 6.00. The molecule has 1 heterocycles. The molecule has 7 nitrogen and oxygen atoms in total. The molecule has 0 saturated carbocycles. The van der Waals surface area contributed by atoms with Gasteiger partial charge in [0, 0.05) is 6.20 Å². The molecule has 1 aromatic heterocycles. The quantitative estimate of drug-likeness (QED) is 0.769. The number of carbonyl (C=O) groups is 2. The van der Waals surface area contributed by atoms with Crippen LogP contribution >= 0.6 is 0 Å². The second kappa shape index (κ2) is 5.64. The van der Waals surface area contributed by atoms with E-state index in [1.165, 1.54) is 18.9 Å². The molecule has 0 saturated heterocycles. The number of ether oxygens (including phenoxy) is 2. The van der Waals surface area contributed by atoms with Crippen LogP contribution in [0.1, 0.15) is 41.7 Å². The molecule has 0 aromatic carbocycles. The molecule has 19 heavy (non-hydrogen) atoms. The van der Waals surface area contributed by atoms with Crippen molar-refractivity contribution in [2.45, 2.75) is 20.8 Å².